The van der Waals surface area contributed by atoms with Gasteiger partial charge < -0.3 is 10.5 Å². The van der Waals surface area contributed by atoms with Crippen molar-refractivity contribution < 1.29 is 9.53 Å². The lowest BCUT2D eigenvalue weighted by Crippen LogP contribution is -2.14. The van der Waals surface area contributed by atoms with Crippen LogP contribution in [0.1, 0.15) is 21.5 Å². The summed E-state index contributed by atoms with van der Waals surface area (Å²) in [5.41, 5.74) is 7.30. The minimum absolute atomic E-state index is 0.150. The van der Waals surface area contributed by atoms with Gasteiger partial charge in [0.05, 0.1) is 12.5 Å². The Morgan fingerprint density at radius 1 is 1.20 bits per heavy atom. The lowest BCUT2D eigenvalue weighted by atomic mass is 10.0. The lowest BCUT2D eigenvalue weighted by Gasteiger charge is -2.09. The summed E-state index contributed by atoms with van der Waals surface area (Å²) in [5.74, 6) is 0.00440. The number of carbonyl (C=O) groups is 1. The molecular formula is C16H14N2O2. The van der Waals surface area contributed by atoms with E-state index in [0.29, 0.717) is 23.5 Å². The molecule has 100 valence electrons. The van der Waals surface area contributed by atoms with Gasteiger partial charge in [-0.2, -0.15) is 5.26 Å². The summed E-state index contributed by atoms with van der Waals surface area (Å²) >= 11 is 0. The van der Waals surface area contributed by atoms with Gasteiger partial charge in [-0.15, -0.1) is 0 Å². The van der Waals surface area contributed by atoms with Crippen LogP contribution in [0.2, 0.25) is 0 Å². The second-order valence-electron chi connectivity index (χ2n) is 4.29. The summed E-state index contributed by atoms with van der Waals surface area (Å²) in [7, 11) is 0. The van der Waals surface area contributed by atoms with E-state index in [4.69, 9.17) is 15.7 Å². The summed E-state index contributed by atoms with van der Waals surface area (Å²) in [5, 5.41) is 8.71. The molecule has 0 bridgehead atoms. The quantitative estimate of drug-likeness (QED) is 0.903. The van der Waals surface area contributed by atoms with Gasteiger partial charge >= 0.3 is 0 Å². The number of hydrogen-bond acceptors (Lipinski definition) is 3. The van der Waals surface area contributed by atoms with Gasteiger partial charge in [-0.3, -0.25) is 4.79 Å². The number of benzene rings is 2. The van der Waals surface area contributed by atoms with E-state index in [1.165, 1.54) is 0 Å². The molecule has 1 amide bonds. The lowest BCUT2D eigenvalue weighted by molar-refractivity contribution is 0.0999. The Morgan fingerprint density at radius 3 is 2.60 bits per heavy atom. The van der Waals surface area contributed by atoms with E-state index in [1.54, 1.807) is 18.2 Å². The zero-order valence-electron chi connectivity index (χ0n) is 10.9. The van der Waals surface area contributed by atoms with Gasteiger partial charge in [0, 0.05) is 5.56 Å². The van der Waals surface area contributed by atoms with Crippen LogP contribution in [0.5, 0.6) is 5.75 Å². The topological polar surface area (TPSA) is 76.1 Å². The Labute approximate surface area is 117 Å². The molecule has 4 heteroatoms. The molecule has 2 aromatic carbocycles. The molecule has 4 nitrogen and oxygen atoms in total. The number of primary amides is 1. The summed E-state index contributed by atoms with van der Waals surface area (Å²) < 4.78 is 5.63. The molecule has 2 rings (SSSR count). The summed E-state index contributed by atoms with van der Waals surface area (Å²) in [6.07, 6.45) is 0.150. The fraction of sp³-hybridized carbons (Fsp3) is 0.125. The third kappa shape index (κ3) is 3.36. The molecule has 0 aliphatic heterocycles. The van der Waals surface area contributed by atoms with Gasteiger partial charge in [0.15, 0.2) is 0 Å². The van der Waals surface area contributed by atoms with Crippen molar-refractivity contribution in [3.05, 3.63) is 65.2 Å². The number of hydrogen-bond donors (Lipinski definition) is 1. The minimum Gasteiger partial charge on any atom is -0.489 e. The smallest absolute Gasteiger partial charge is 0.249 e. The van der Waals surface area contributed by atoms with E-state index in [1.807, 2.05) is 36.4 Å². The fourth-order valence-corrected chi connectivity index (χ4v) is 1.85. The van der Waals surface area contributed by atoms with Crippen molar-refractivity contribution >= 4 is 5.91 Å². The first-order chi connectivity index (χ1) is 9.70. The van der Waals surface area contributed by atoms with Crippen LogP contribution < -0.4 is 10.5 Å². The summed E-state index contributed by atoms with van der Waals surface area (Å²) in [6, 6.07) is 16.7. The first-order valence-corrected chi connectivity index (χ1v) is 6.17. The molecule has 0 aliphatic carbocycles. The molecule has 0 saturated carbocycles. The van der Waals surface area contributed by atoms with Crippen molar-refractivity contribution in [3.63, 3.8) is 0 Å². The van der Waals surface area contributed by atoms with Crippen molar-refractivity contribution in [2.45, 2.75) is 13.0 Å². The van der Waals surface area contributed by atoms with Gasteiger partial charge in [-0.25, -0.2) is 0 Å². The summed E-state index contributed by atoms with van der Waals surface area (Å²) in [6.45, 7) is 0.413. The molecule has 0 atom stereocenters. The number of carbonyl (C=O) groups excluding carboxylic acids is 1. The van der Waals surface area contributed by atoms with E-state index in [0.717, 1.165) is 5.56 Å². The van der Waals surface area contributed by atoms with E-state index in [9.17, 15) is 4.79 Å². The summed E-state index contributed by atoms with van der Waals surface area (Å²) in [4.78, 5) is 11.4. The second-order valence-corrected chi connectivity index (χ2v) is 4.29. The van der Waals surface area contributed by atoms with Crippen LogP contribution in [0.3, 0.4) is 0 Å². The average molecular weight is 266 g/mol. The predicted octanol–water partition coefficient (Wildman–Crippen LogP) is 2.43. The highest BCUT2D eigenvalue weighted by molar-refractivity contribution is 5.94. The molecule has 2 N–H and O–H groups in total. The van der Waals surface area contributed by atoms with Gasteiger partial charge in [0.25, 0.3) is 0 Å². The second kappa shape index (κ2) is 6.39. The average Bonchev–Trinajstić information content (AvgIpc) is 2.47. The van der Waals surface area contributed by atoms with Crippen molar-refractivity contribution in [2.75, 3.05) is 0 Å². The number of nitrogens with two attached hydrogens (primary N) is 1. The molecule has 0 spiro atoms. The highest BCUT2D eigenvalue weighted by Crippen LogP contribution is 2.19. The Morgan fingerprint density at radius 2 is 1.95 bits per heavy atom. The van der Waals surface area contributed by atoms with E-state index < -0.39 is 5.91 Å². The van der Waals surface area contributed by atoms with Crippen LogP contribution in [0, 0.1) is 11.3 Å². The van der Waals surface area contributed by atoms with Crippen LogP contribution in [0.25, 0.3) is 0 Å². The highest BCUT2D eigenvalue weighted by atomic mass is 16.5. The van der Waals surface area contributed by atoms with Crippen molar-refractivity contribution in [1.82, 2.24) is 0 Å². The number of nitriles is 1. The standard InChI is InChI=1S/C16H14N2O2/c17-9-8-13-6-7-14(10-15(13)16(18)19)20-11-12-4-2-1-3-5-12/h1-7,10H,8,11H2,(H2,18,19). The third-order valence-corrected chi connectivity index (χ3v) is 2.86. The minimum atomic E-state index is -0.555. The molecule has 20 heavy (non-hydrogen) atoms. The van der Waals surface area contributed by atoms with Gasteiger partial charge in [0.1, 0.15) is 12.4 Å². The molecule has 0 unspecified atom stereocenters. The van der Waals surface area contributed by atoms with Crippen molar-refractivity contribution in [1.29, 1.82) is 5.26 Å². The van der Waals surface area contributed by atoms with Crippen LogP contribution in [-0.2, 0) is 13.0 Å². The Hall–Kier alpha value is -2.80. The molecular weight excluding hydrogens is 252 g/mol. The first kappa shape index (κ1) is 13.6. The molecule has 0 radical (unpaired) electrons. The molecule has 0 heterocycles. The van der Waals surface area contributed by atoms with E-state index in [2.05, 4.69) is 0 Å². The number of nitrogens with zero attached hydrogens (tertiary/aromatic N) is 1. The zero-order valence-corrected chi connectivity index (χ0v) is 10.9. The molecule has 0 fully saturated rings. The van der Waals surface area contributed by atoms with Crippen LogP contribution in [0.4, 0.5) is 0 Å². The van der Waals surface area contributed by atoms with Crippen LogP contribution in [-0.4, -0.2) is 5.91 Å². The molecule has 0 aliphatic rings. The molecule has 0 aromatic heterocycles. The van der Waals surface area contributed by atoms with E-state index >= 15 is 0 Å². The Kier molecular flexibility index (Phi) is 4.35. The number of rotatable bonds is 5. The predicted molar refractivity (Wildman–Crippen MR) is 75.1 cm³/mol. The Balaban J connectivity index is 2.15. The number of amides is 1. The third-order valence-electron chi connectivity index (χ3n) is 2.86. The highest BCUT2D eigenvalue weighted by Gasteiger charge is 2.09. The van der Waals surface area contributed by atoms with Crippen molar-refractivity contribution in [3.8, 4) is 11.8 Å². The number of ether oxygens (including phenoxy) is 1. The molecule has 0 saturated heterocycles. The maximum Gasteiger partial charge on any atom is 0.249 e. The van der Waals surface area contributed by atoms with E-state index in [-0.39, 0.29) is 6.42 Å². The SMILES string of the molecule is N#CCc1ccc(OCc2ccccc2)cc1C(N)=O. The fourth-order valence-electron chi connectivity index (χ4n) is 1.85. The monoisotopic (exact) mass is 266 g/mol. The normalized spacial score (nSPS) is 9.75. The maximum absolute atomic E-state index is 11.4. The zero-order chi connectivity index (χ0) is 14.4. The first-order valence-electron chi connectivity index (χ1n) is 6.17. The van der Waals surface area contributed by atoms with Gasteiger partial charge in [0.2, 0.25) is 5.91 Å². The Bertz CT molecular complexity index is 645. The van der Waals surface area contributed by atoms with Gasteiger partial charge in [-0.1, -0.05) is 36.4 Å². The van der Waals surface area contributed by atoms with Crippen LogP contribution in [0.15, 0.2) is 48.5 Å². The molecule has 2 aromatic rings. The van der Waals surface area contributed by atoms with Gasteiger partial charge in [-0.05, 0) is 23.3 Å². The largest absolute Gasteiger partial charge is 0.489 e. The van der Waals surface area contributed by atoms with Crippen LogP contribution >= 0.6 is 0 Å². The van der Waals surface area contributed by atoms with Crippen molar-refractivity contribution in [2.24, 2.45) is 5.73 Å². The maximum atomic E-state index is 11.4.